The lowest BCUT2D eigenvalue weighted by atomic mass is 10.2. The van der Waals surface area contributed by atoms with Crippen molar-refractivity contribution < 1.29 is 35.9 Å². The molecular formula is C21H20ClF3N2O5S. The number of carbonyl (C=O) groups is 2. The van der Waals surface area contributed by atoms with Crippen LogP contribution in [0, 0.1) is 0 Å². The zero-order valence-corrected chi connectivity index (χ0v) is 18.9. The standard InChI is InChI=1S/C21H20ClF3N2O5S/c1-13(19(28)26-18-12-15(21(23,24)25)6-9-17(18)22)32-20(29)14-4-7-16(8-5-14)33(30,31)27-10-2-3-11-27/h4-9,12-13H,2-3,10-11H2,1H3,(H,26,28)/t13-/m1/s1. The summed E-state index contributed by atoms with van der Waals surface area (Å²) in [6.45, 7) is 2.12. The van der Waals surface area contributed by atoms with Gasteiger partial charge in [-0.3, -0.25) is 4.79 Å². The number of amides is 1. The van der Waals surface area contributed by atoms with Gasteiger partial charge in [0, 0.05) is 13.1 Å². The van der Waals surface area contributed by atoms with Gasteiger partial charge in [0.1, 0.15) is 0 Å². The van der Waals surface area contributed by atoms with Crippen molar-refractivity contribution in [3.63, 3.8) is 0 Å². The zero-order valence-electron chi connectivity index (χ0n) is 17.4. The van der Waals surface area contributed by atoms with Crippen LogP contribution in [0.4, 0.5) is 18.9 Å². The van der Waals surface area contributed by atoms with Gasteiger partial charge in [-0.05, 0) is 62.2 Å². The van der Waals surface area contributed by atoms with Crippen LogP contribution in [-0.4, -0.2) is 43.8 Å². The number of hydrogen-bond donors (Lipinski definition) is 1. The summed E-state index contributed by atoms with van der Waals surface area (Å²) < 4.78 is 70.2. The SMILES string of the molecule is C[C@@H](OC(=O)c1ccc(S(=O)(=O)N2CCCC2)cc1)C(=O)Nc1cc(C(F)(F)F)ccc1Cl. The molecule has 0 radical (unpaired) electrons. The molecule has 1 aliphatic heterocycles. The first-order chi connectivity index (χ1) is 15.4. The van der Waals surface area contributed by atoms with Crippen LogP contribution in [0.1, 0.15) is 35.7 Å². The fourth-order valence-electron chi connectivity index (χ4n) is 3.15. The molecule has 1 saturated heterocycles. The second kappa shape index (κ2) is 9.70. The van der Waals surface area contributed by atoms with E-state index in [1.54, 1.807) is 0 Å². The van der Waals surface area contributed by atoms with E-state index >= 15 is 0 Å². The smallest absolute Gasteiger partial charge is 0.416 e. The lowest BCUT2D eigenvalue weighted by molar-refractivity contribution is -0.137. The number of carbonyl (C=O) groups excluding carboxylic acids is 2. The minimum atomic E-state index is -4.63. The summed E-state index contributed by atoms with van der Waals surface area (Å²) in [6.07, 6.45) is -4.42. The van der Waals surface area contributed by atoms with E-state index < -0.39 is 39.7 Å². The maximum Gasteiger partial charge on any atom is 0.416 e. The highest BCUT2D eigenvalue weighted by atomic mass is 35.5. The topological polar surface area (TPSA) is 92.8 Å². The number of esters is 1. The Kier molecular flexibility index (Phi) is 7.35. The van der Waals surface area contributed by atoms with Gasteiger partial charge in [-0.25, -0.2) is 13.2 Å². The lowest BCUT2D eigenvalue weighted by Gasteiger charge is -2.16. The molecule has 2 aromatic carbocycles. The third kappa shape index (κ3) is 5.84. The number of benzene rings is 2. The molecule has 1 aliphatic rings. The van der Waals surface area contributed by atoms with Crippen LogP contribution in [0.3, 0.4) is 0 Å². The first kappa shape index (κ1) is 25.0. The van der Waals surface area contributed by atoms with Crippen molar-refractivity contribution in [1.82, 2.24) is 4.31 Å². The van der Waals surface area contributed by atoms with E-state index in [1.807, 2.05) is 0 Å². The number of sulfonamides is 1. The highest BCUT2D eigenvalue weighted by Gasteiger charge is 2.31. The number of halogens is 4. The fourth-order valence-corrected chi connectivity index (χ4v) is 4.84. The van der Waals surface area contributed by atoms with Crippen molar-refractivity contribution in [3.05, 3.63) is 58.6 Å². The number of hydrogen-bond acceptors (Lipinski definition) is 5. The molecule has 1 amide bonds. The van der Waals surface area contributed by atoms with E-state index in [1.165, 1.54) is 35.5 Å². The minimum Gasteiger partial charge on any atom is -0.449 e. The molecule has 33 heavy (non-hydrogen) atoms. The van der Waals surface area contributed by atoms with E-state index in [-0.39, 0.29) is 21.2 Å². The Labute approximate surface area is 193 Å². The van der Waals surface area contributed by atoms with Gasteiger partial charge in [-0.2, -0.15) is 17.5 Å². The number of nitrogens with zero attached hydrogens (tertiary/aromatic N) is 1. The van der Waals surface area contributed by atoms with E-state index in [4.69, 9.17) is 16.3 Å². The molecule has 0 spiro atoms. The zero-order chi connectivity index (χ0) is 24.4. The van der Waals surface area contributed by atoms with Crippen LogP contribution in [0.2, 0.25) is 5.02 Å². The van der Waals surface area contributed by atoms with Crippen LogP contribution in [0.5, 0.6) is 0 Å². The normalized spacial score (nSPS) is 15.8. The summed E-state index contributed by atoms with van der Waals surface area (Å²) in [6, 6.07) is 7.52. The molecule has 1 heterocycles. The predicted octanol–water partition coefficient (Wildman–Crippen LogP) is 4.33. The first-order valence-electron chi connectivity index (χ1n) is 9.88. The summed E-state index contributed by atoms with van der Waals surface area (Å²) in [7, 11) is -3.65. The number of ether oxygens (including phenoxy) is 1. The average molecular weight is 505 g/mol. The molecule has 0 unspecified atom stereocenters. The Morgan fingerprint density at radius 3 is 2.27 bits per heavy atom. The van der Waals surface area contributed by atoms with Gasteiger partial charge in [-0.1, -0.05) is 11.6 Å². The Morgan fingerprint density at radius 2 is 1.70 bits per heavy atom. The van der Waals surface area contributed by atoms with Crippen molar-refractivity contribution in [2.45, 2.75) is 36.9 Å². The molecule has 1 atom stereocenters. The van der Waals surface area contributed by atoms with Crippen molar-refractivity contribution in [3.8, 4) is 0 Å². The first-order valence-corrected chi connectivity index (χ1v) is 11.7. The third-order valence-electron chi connectivity index (χ3n) is 5.00. The van der Waals surface area contributed by atoms with Crippen LogP contribution in [0.15, 0.2) is 47.4 Å². The monoisotopic (exact) mass is 504 g/mol. The van der Waals surface area contributed by atoms with Gasteiger partial charge in [0.2, 0.25) is 10.0 Å². The average Bonchev–Trinajstić information content (AvgIpc) is 3.30. The van der Waals surface area contributed by atoms with Gasteiger partial charge < -0.3 is 10.1 Å². The maximum atomic E-state index is 12.9. The highest BCUT2D eigenvalue weighted by molar-refractivity contribution is 7.89. The lowest BCUT2D eigenvalue weighted by Crippen LogP contribution is -2.30. The number of nitrogens with one attached hydrogen (secondary N) is 1. The van der Waals surface area contributed by atoms with E-state index in [0.29, 0.717) is 19.2 Å². The largest absolute Gasteiger partial charge is 0.449 e. The molecule has 0 aliphatic carbocycles. The molecule has 12 heteroatoms. The predicted molar refractivity (Wildman–Crippen MR) is 114 cm³/mol. The molecule has 7 nitrogen and oxygen atoms in total. The molecule has 0 bridgehead atoms. The van der Waals surface area contributed by atoms with Crippen molar-refractivity contribution in [2.75, 3.05) is 18.4 Å². The molecule has 3 rings (SSSR count). The molecule has 1 fully saturated rings. The van der Waals surface area contributed by atoms with E-state index in [0.717, 1.165) is 25.0 Å². The molecule has 2 aromatic rings. The van der Waals surface area contributed by atoms with Crippen molar-refractivity contribution >= 4 is 39.2 Å². The van der Waals surface area contributed by atoms with Gasteiger partial charge in [0.05, 0.1) is 26.7 Å². The quantitative estimate of drug-likeness (QED) is 0.591. The van der Waals surface area contributed by atoms with Crippen LogP contribution >= 0.6 is 11.6 Å². The Morgan fingerprint density at radius 1 is 1.09 bits per heavy atom. The number of anilines is 1. The Hall–Kier alpha value is -2.63. The highest BCUT2D eigenvalue weighted by Crippen LogP contribution is 2.34. The Balaban J connectivity index is 1.65. The number of alkyl halides is 3. The molecule has 1 N–H and O–H groups in total. The number of rotatable bonds is 6. The van der Waals surface area contributed by atoms with Crippen LogP contribution < -0.4 is 5.32 Å². The summed E-state index contributed by atoms with van der Waals surface area (Å²) in [4.78, 5) is 24.7. The van der Waals surface area contributed by atoms with Crippen LogP contribution in [0.25, 0.3) is 0 Å². The van der Waals surface area contributed by atoms with Crippen molar-refractivity contribution in [2.24, 2.45) is 0 Å². The molecule has 0 aromatic heterocycles. The second-order valence-electron chi connectivity index (χ2n) is 7.36. The molecule has 178 valence electrons. The van der Waals surface area contributed by atoms with Gasteiger partial charge in [0.15, 0.2) is 6.10 Å². The molecular weight excluding hydrogens is 485 g/mol. The Bertz CT molecular complexity index is 1150. The van der Waals surface area contributed by atoms with Gasteiger partial charge in [0.25, 0.3) is 5.91 Å². The summed E-state index contributed by atoms with van der Waals surface area (Å²) in [5, 5.41) is 2.09. The van der Waals surface area contributed by atoms with Crippen molar-refractivity contribution in [1.29, 1.82) is 0 Å². The maximum absolute atomic E-state index is 12.9. The van der Waals surface area contributed by atoms with Gasteiger partial charge in [-0.15, -0.1) is 0 Å². The van der Waals surface area contributed by atoms with E-state index in [9.17, 15) is 31.2 Å². The third-order valence-corrected chi connectivity index (χ3v) is 7.24. The summed E-state index contributed by atoms with van der Waals surface area (Å²) in [5.41, 5.74) is -1.28. The fraction of sp³-hybridized carbons (Fsp3) is 0.333. The summed E-state index contributed by atoms with van der Waals surface area (Å²) in [5.74, 6) is -1.80. The molecule has 0 saturated carbocycles. The summed E-state index contributed by atoms with van der Waals surface area (Å²) >= 11 is 5.85. The van der Waals surface area contributed by atoms with E-state index in [2.05, 4.69) is 5.32 Å². The van der Waals surface area contributed by atoms with Crippen LogP contribution in [-0.2, 0) is 25.7 Å². The van der Waals surface area contributed by atoms with Gasteiger partial charge >= 0.3 is 12.1 Å². The second-order valence-corrected chi connectivity index (χ2v) is 9.71. The minimum absolute atomic E-state index is 0.00660.